The molecule has 0 saturated carbocycles. The summed E-state index contributed by atoms with van der Waals surface area (Å²) in [5, 5.41) is 0. The molecule has 2 fully saturated rings. The number of rotatable bonds is 2. The fourth-order valence-electron chi connectivity index (χ4n) is 2.03. The minimum absolute atomic E-state index is 0.0231. The number of methoxy groups -OCH3 is 2. The van der Waals surface area contributed by atoms with Crippen molar-refractivity contribution in [3.05, 3.63) is 0 Å². The Morgan fingerprint density at radius 3 is 2.58 bits per heavy atom. The van der Waals surface area contributed by atoms with Crippen LogP contribution in [0.25, 0.3) is 0 Å². The minimum atomic E-state index is -0.654. The van der Waals surface area contributed by atoms with E-state index in [1.54, 1.807) is 14.2 Å². The van der Waals surface area contributed by atoms with Gasteiger partial charge in [0.15, 0.2) is 0 Å². The average Bonchev–Trinajstić information content (AvgIpc) is 2.56. The third kappa shape index (κ3) is 0.864. The summed E-state index contributed by atoms with van der Waals surface area (Å²) in [5.74, 6) is -0.654. The van der Waals surface area contributed by atoms with E-state index in [0.717, 1.165) is 0 Å². The largest absolute Gasteiger partial charge is 0.373 e. The van der Waals surface area contributed by atoms with Crippen LogP contribution in [0.4, 0.5) is 0 Å². The van der Waals surface area contributed by atoms with Crippen molar-refractivity contribution in [1.29, 1.82) is 0 Å². The van der Waals surface area contributed by atoms with Crippen LogP contribution in [-0.4, -0.2) is 44.9 Å². The van der Waals surface area contributed by atoms with Crippen LogP contribution >= 0.6 is 0 Å². The quantitative estimate of drug-likeness (QED) is 0.597. The second kappa shape index (κ2) is 2.67. The van der Waals surface area contributed by atoms with Gasteiger partial charge in [-0.3, -0.25) is 0 Å². The Bertz CT molecular complexity index is 184. The van der Waals surface area contributed by atoms with Crippen LogP contribution in [0.3, 0.4) is 0 Å². The number of hydrogen-bond acceptors (Lipinski definition) is 4. The summed E-state index contributed by atoms with van der Waals surface area (Å²) < 4.78 is 21.7. The molecule has 0 radical (unpaired) electrons. The Balaban J connectivity index is 2.23. The van der Waals surface area contributed by atoms with Crippen LogP contribution in [0, 0.1) is 0 Å². The topological polar surface area (TPSA) is 36.9 Å². The molecule has 0 N–H and O–H groups in total. The summed E-state index contributed by atoms with van der Waals surface area (Å²) in [4.78, 5) is 0. The molecule has 0 aromatic heterocycles. The summed E-state index contributed by atoms with van der Waals surface area (Å²) in [6, 6.07) is 0. The van der Waals surface area contributed by atoms with Crippen molar-refractivity contribution in [2.75, 3.05) is 20.8 Å². The van der Waals surface area contributed by atoms with Crippen LogP contribution in [0.15, 0.2) is 0 Å². The highest BCUT2D eigenvalue weighted by atomic mass is 16.8. The van der Waals surface area contributed by atoms with Crippen LogP contribution in [-0.2, 0) is 18.9 Å². The Morgan fingerprint density at radius 2 is 2.17 bits per heavy atom. The van der Waals surface area contributed by atoms with E-state index in [0.29, 0.717) is 6.61 Å². The molecule has 2 heterocycles. The van der Waals surface area contributed by atoms with Crippen molar-refractivity contribution < 1.29 is 18.9 Å². The molecular weight excluding hydrogens is 160 g/mol. The van der Waals surface area contributed by atoms with Gasteiger partial charge in [0.2, 0.25) is 5.79 Å². The molecule has 4 heteroatoms. The molecule has 0 spiro atoms. The molecule has 2 saturated heterocycles. The van der Waals surface area contributed by atoms with Crippen molar-refractivity contribution >= 4 is 0 Å². The van der Waals surface area contributed by atoms with Gasteiger partial charge in [0.25, 0.3) is 0 Å². The third-order valence-corrected chi connectivity index (χ3v) is 2.66. The molecule has 4 atom stereocenters. The maximum absolute atomic E-state index is 5.63. The second-order valence-corrected chi connectivity index (χ2v) is 3.27. The van der Waals surface area contributed by atoms with Crippen molar-refractivity contribution in [3.63, 3.8) is 0 Å². The lowest BCUT2D eigenvalue weighted by atomic mass is 10.1. The predicted octanol–water partition coefficient (Wildman–Crippen LogP) is 0.162. The van der Waals surface area contributed by atoms with Crippen molar-refractivity contribution in [1.82, 2.24) is 0 Å². The first-order valence-electron chi connectivity index (χ1n) is 4.11. The van der Waals surface area contributed by atoms with Gasteiger partial charge < -0.3 is 18.9 Å². The van der Waals surface area contributed by atoms with Gasteiger partial charge in [-0.25, -0.2) is 0 Å². The maximum Gasteiger partial charge on any atom is 0.221 e. The molecule has 0 aromatic rings. The van der Waals surface area contributed by atoms with Gasteiger partial charge in [-0.05, 0) is 6.92 Å². The molecule has 2 aliphatic rings. The van der Waals surface area contributed by atoms with Crippen molar-refractivity contribution in [2.24, 2.45) is 0 Å². The third-order valence-electron chi connectivity index (χ3n) is 2.66. The molecule has 2 bridgehead atoms. The first-order valence-corrected chi connectivity index (χ1v) is 4.11. The van der Waals surface area contributed by atoms with E-state index < -0.39 is 5.79 Å². The Labute approximate surface area is 71.7 Å². The summed E-state index contributed by atoms with van der Waals surface area (Å²) >= 11 is 0. The summed E-state index contributed by atoms with van der Waals surface area (Å²) in [5.41, 5.74) is 0. The normalized spacial score (nSPS) is 51.8. The molecule has 4 nitrogen and oxygen atoms in total. The van der Waals surface area contributed by atoms with E-state index in [1.165, 1.54) is 0 Å². The highest BCUT2D eigenvalue weighted by Gasteiger charge is 2.61. The molecule has 0 aliphatic carbocycles. The molecule has 2 aliphatic heterocycles. The molecule has 0 aromatic carbocycles. The first kappa shape index (κ1) is 8.44. The monoisotopic (exact) mass is 174 g/mol. The van der Waals surface area contributed by atoms with Gasteiger partial charge in [-0.1, -0.05) is 0 Å². The van der Waals surface area contributed by atoms with E-state index in [2.05, 4.69) is 0 Å². The zero-order valence-electron chi connectivity index (χ0n) is 7.57. The van der Waals surface area contributed by atoms with E-state index in [4.69, 9.17) is 18.9 Å². The lowest BCUT2D eigenvalue weighted by Gasteiger charge is -2.28. The van der Waals surface area contributed by atoms with Gasteiger partial charge in [-0.15, -0.1) is 0 Å². The van der Waals surface area contributed by atoms with E-state index in [-0.39, 0.29) is 18.3 Å². The molecule has 2 rings (SSSR count). The maximum atomic E-state index is 5.63. The smallest absolute Gasteiger partial charge is 0.221 e. The Kier molecular flexibility index (Phi) is 1.88. The Morgan fingerprint density at radius 1 is 1.42 bits per heavy atom. The molecular formula is C8H14O4. The number of fused-ring (bicyclic) bond motifs is 2. The fourth-order valence-corrected chi connectivity index (χ4v) is 2.03. The highest BCUT2D eigenvalue weighted by molar-refractivity contribution is 5.02. The number of hydrogen-bond donors (Lipinski definition) is 0. The lowest BCUT2D eigenvalue weighted by Crippen LogP contribution is -2.43. The molecule has 12 heavy (non-hydrogen) atoms. The van der Waals surface area contributed by atoms with Crippen molar-refractivity contribution in [2.45, 2.75) is 31.0 Å². The van der Waals surface area contributed by atoms with Gasteiger partial charge >= 0.3 is 0 Å². The van der Waals surface area contributed by atoms with Gasteiger partial charge in [-0.2, -0.15) is 0 Å². The molecule has 0 amide bonds. The van der Waals surface area contributed by atoms with Gasteiger partial charge in [0, 0.05) is 14.2 Å². The van der Waals surface area contributed by atoms with E-state index in [9.17, 15) is 0 Å². The first-order chi connectivity index (χ1) is 5.73. The number of ether oxygens (including phenoxy) is 4. The average molecular weight is 174 g/mol. The van der Waals surface area contributed by atoms with Crippen LogP contribution in [0.5, 0.6) is 0 Å². The summed E-state index contributed by atoms with van der Waals surface area (Å²) in [7, 11) is 3.28. The fraction of sp³-hybridized carbons (Fsp3) is 1.00. The van der Waals surface area contributed by atoms with E-state index >= 15 is 0 Å². The highest BCUT2D eigenvalue weighted by Crippen LogP contribution is 2.41. The van der Waals surface area contributed by atoms with Crippen molar-refractivity contribution in [3.8, 4) is 0 Å². The lowest BCUT2D eigenvalue weighted by molar-refractivity contribution is -0.264. The van der Waals surface area contributed by atoms with Crippen LogP contribution in [0.1, 0.15) is 6.92 Å². The zero-order valence-corrected chi connectivity index (χ0v) is 7.57. The van der Waals surface area contributed by atoms with Crippen LogP contribution < -0.4 is 0 Å². The molecule has 70 valence electrons. The zero-order chi connectivity index (χ0) is 8.77. The van der Waals surface area contributed by atoms with Crippen LogP contribution in [0.2, 0.25) is 0 Å². The second-order valence-electron chi connectivity index (χ2n) is 3.27. The SMILES string of the molecule is CO[C@H]1C2OC[C@@]1(OC)O[C@H]2C. The predicted molar refractivity (Wildman–Crippen MR) is 40.8 cm³/mol. The molecule has 1 unspecified atom stereocenters. The summed E-state index contributed by atoms with van der Waals surface area (Å²) in [6.45, 7) is 2.44. The summed E-state index contributed by atoms with van der Waals surface area (Å²) in [6.07, 6.45) is -0.00361. The minimum Gasteiger partial charge on any atom is -0.373 e. The van der Waals surface area contributed by atoms with Gasteiger partial charge in [0.1, 0.15) is 18.8 Å². The standard InChI is InChI=1S/C8H14O4/c1-5-6-7(9-2)8(10-3,12-5)4-11-6/h5-7H,4H2,1-3H3/t5-,6?,7-,8+/m0/s1. The Hall–Kier alpha value is -0.160. The van der Waals surface area contributed by atoms with Gasteiger partial charge in [0.05, 0.1) is 6.10 Å². The van der Waals surface area contributed by atoms with E-state index in [1.807, 2.05) is 6.92 Å².